The molecule has 0 fully saturated rings. The van der Waals surface area contributed by atoms with Crippen molar-refractivity contribution in [3.8, 4) is 5.75 Å². The second kappa shape index (κ2) is 7.05. The fourth-order valence-electron chi connectivity index (χ4n) is 2.12. The summed E-state index contributed by atoms with van der Waals surface area (Å²) in [5.41, 5.74) is 8.11. The Morgan fingerprint density at radius 3 is 2.62 bits per heavy atom. The molecule has 4 heteroatoms. The van der Waals surface area contributed by atoms with Crippen LogP contribution in [-0.4, -0.2) is 0 Å². The first-order valence-corrected chi connectivity index (χ1v) is 7.70. The zero-order valence-corrected chi connectivity index (χ0v) is 13.8. The molecule has 0 radical (unpaired) electrons. The van der Waals surface area contributed by atoms with Crippen LogP contribution in [0.4, 0.5) is 4.39 Å². The van der Waals surface area contributed by atoms with Gasteiger partial charge in [-0.15, -0.1) is 0 Å². The van der Waals surface area contributed by atoms with Crippen LogP contribution in [0.5, 0.6) is 5.75 Å². The Morgan fingerprint density at radius 2 is 1.95 bits per heavy atom. The first kappa shape index (κ1) is 16.0. The molecule has 21 heavy (non-hydrogen) atoms. The number of benzene rings is 2. The minimum Gasteiger partial charge on any atom is -0.489 e. The number of rotatable bonds is 5. The lowest BCUT2D eigenvalue weighted by Crippen LogP contribution is -2.04. The monoisotopic (exact) mass is 351 g/mol. The first-order valence-electron chi connectivity index (χ1n) is 6.91. The molecule has 0 saturated heterocycles. The maximum atomic E-state index is 13.8. The molecule has 2 nitrogen and oxygen atoms in total. The maximum Gasteiger partial charge on any atom is 0.129 e. The highest BCUT2D eigenvalue weighted by Crippen LogP contribution is 2.30. The predicted octanol–water partition coefficient (Wildman–Crippen LogP) is 4.75. The van der Waals surface area contributed by atoms with Gasteiger partial charge in [0.15, 0.2) is 0 Å². The summed E-state index contributed by atoms with van der Waals surface area (Å²) in [6, 6.07) is 10.7. The van der Waals surface area contributed by atoms with Gasteiger partial charge >= 0.3 is 0 Å². The molecule has 0 aliphatic carbocycles. The van der Waals surface area contributed by atoms with Gasteiger partial charge in [0.2, 0.25) is 0 Å². The Morgan fingerprint density at radius 1 is 1.19 bits per heavy atom. The summed E-state index contributed by atoms with van der Waals surface area (Å²) in [5, 5.41) is 0. The van der Waals surface area contributed by atoms with Crippen LogP contribution < -0.4 is 10.5 Å². The molecule has 0 spiro atoms. The normalized spacial score (nSPS) is 11.0. The Balaban J connectivity index is 2.20. The standard InChI is InChI=1S/C17H19BrFNO/c1-11(2)15-8-14(18)4-6-17(15)21-10-13-7-12(9-20)3-5-16(13)19/h3-8,11H,9-10,20H2,1-2H3. The number of ether oxygens (including phenoxy) is 1. The lowest BCUT2D eigenvalue weighted by Gasteiger charge is -2.15. The van der Waals surface area contributed by atoms with E-state index >= 15 is 0 Å². The van der Waals surface area contributed by atoms with Crippen molar-refractivity contribution in [2.75, 3.05) is 0 Å². The molecule has 0 heterocycles. The summed E-state index contributed by atoms with van der Waals surface area (Å²) >= 11 is 3.46. The second-order valence-corrected chi connectivity index (χ2v) is 6.17. The molecule has 0 amide bonds. The van der Waals surface area contributed by atoms with E-state index in [1.807, 2.05) is 18.2 Å². The summed E-state index contributed by atoms with van der Waals surface area (Å²) < 4.78 is 20.6. The average molecular weight is 352 g/mol. The Bertz CT molecular complexity index is 628. The highest BCUT2D eigenvalue weighted by atomic mass is 79.9. The van der Waals surface area contributed by atoms with Crippen molar-refractivity contribution in [3.05, 3.63) is 63.4 Å². The van der Waals surface area contributed by atoms with Crippen LogP contribution in [-0.2, 0) is 13.2 Å². The highest BCUT2D eigenvalue weighted by Gasteiger charge is 2.10. The van der Waals surface area contributed by atoms with Crippen LogP contribution in [0, 0.1) is 5.82 Å². The van der Waals surface area contributed by atoms with Crippen LogP contribution in [0.25, 0.3) is 0 Å². The van der Waals surface area contributed by atoms with Crippen molar-refractivity contribution in [3.63, 3.8) is 0 Å². The fraction of sp³-hybridized carbons (Fsp3) is 0.294. The largest absolute Gasteiger partial charge is 0.489 e. The minimum atomic E-state index is -0.268. The number of hydrogen-bond acceptors (Lipinski definition) is 2. The van der Waals surface area contributed by atoms with E-state index in [2.05, 4.69) is 29.8 Å². The van der Waals surface area contributed by atoms with E-state index in [1.54, 1.807) is 12.1 Å². The Kier molecular flexibility index (Phi) is 5.37. The molecule has 0 atom stereocenters. The third-order valence-electron chi connectivity index (χ3n) is 3.32. The van der Waals surface area contributed by atoms with Crippen molar-refractivity contribution >= 4 is 15.9 Å². The van der Waals surface area contributed by atoms with Gasteiger partial charge in [0, 0.05) is 16.6 Å². The molecule has 0 aliphatic heterocycles. The number of hydrogen-bond donors (Lipinski definition) is 1. The van der Waals surface area contributed by atoms with Gasteiger partial charge in [-0.1, -0.05) is 35.8 Å². The van der Waals surface area contributed by atoms with Crippen LogP contribution in [0.3, 0.4) is 0 Å². The van der Waals surface area contributed by atoms with E-state index in [-0.39, 0.29) is 12.4 Å². The maximum absolute atomic E-state index is 13.8. The lowest BCUT2D eigenvalue weighted by atomic mass is 10.0. The minimum absolute atomic E-state index is 0.195. The van der Waals surface area contributed by atoms with Gasteiger partial charge in [-0.3, -0.25) is 0 Å². The van der Waals surface area contributed by atoms with E-state index in [1.165, 1.54) is 6.07 Å². The van der Waals surface area contributed by atoms with Crippen LogP contribution in [0.1, 0.15) is 36.5 Å². The summed E-state index contributed by atoms with van der Waals surface area (Å²) in [7, 11) is 0. The van der Waals surface area contributed by atoms with E-state index in [0.717, 1.165) is 21.3 Å². The molecule has 2 rings (SSSR count). The van der Waals surface area contributed by atoms with Gasteiger partial charge in [0.05, 0.1) is 0 Å². The van der Waals surface area contributed by atoms with Gasteiger partial charge in [-0.25, -0.2) is 4.39 Å². The van der Waals surface area contributed by atoms with Crippen LogP contribution >= 0.6 is 15.9 Å². The Hall–Kier alpha value is -1.39. The van der Waals surface area contributed by atoms with Gasteiger partial charge in [-0.05, 0) is 47.4 Å². The lowest BCUT2D eigenvalue weighted by molar-refractivity contribution is 0.295. The van der Waals surface area contributed by atoms with Crippen molar-refractivity contribution in [1.29, 1.82) is 0 Å². The summed E-state index contributed by atoms with van der Waals surface area (Å²) in [4.78, 5) is 0. The molecule has 0 aliphatic rings. The van der Waals surface area contributed by atoms with E-state index in [9.17, 15) is 4.39 Å². The van der Waals surface area contributed by atoms with Crippen LogP contribution in [0.15, 0.2) is 40.9 Å². The zero-order valence-electron chi connectivity index (χ0n) is 12.2. The number of nitrogens with two attached hydrogens (primary N) is 1. The topological polar surface area (TPSA) is 35.2 Å². The molecule has 0 bridgehead atoms. The van der Waals surface area contributed by atoms with E-state index in [0.29, 0.717) is 18.0 Å². The van der Waals surface area contributed by atoms with Gasteiger partial charge in [-0.2, -0.15) is 0 Å². The van der Waals surface area contributed by atoms with E-state index < -0.39 is 0 Å². The summed E-state index contributed by atoms with van der Waals surface area (Å²) in [6.45, 7) is 4.79. The molecule has 0 aromatic heterocycles. The van der Waals surface area contributed by atoms with Crippen molar-refractivity contribution in [2.45, 2.75) is 32.9 Å². The molecule has 112 valence electrons. The van der Waals surface area contributed by atoms with Gasteiger partial charge in [0.1, 0.15) is 18.2 Å². The molecular formula is C17H19BrFNO. The van der Waals surface area contributed by atoms with Crippen molar-refractivity contribution in [2.24, 2.45) is 5.73 Å². The van der Waals surface area contributed by atoms with Crippen molar-refractivity contribution < 1.29 is 9.13 Å². The molecule has 2 aromatic carbocycles. The molecule has 2 N–H and O–H groups in total. The van der Waals surface area contributed by atoms with Gasteiger partial charge in [0.25, 0.3) is 0 Å². The van der Waals surface area contributed by atoms with Crippen LogP contribution in [0.2, 0.25) is 0 Å². The second-order valence-electron chi connectivity index (χ2n) is 5.26. The predicted molar refractivity (Wildman–Crippen MR) is 86.9 cm³/mol. The molecule has 0 saturated carbocycles. The molecular weight excluding hydrogens is 333 g/mol. The number of halogens is 2. The SMILES string of the molecule is CC(C)c1cc(Br)ccc1OCc1cc(CN)ccc1F. The summed E-state index contributed by atoms with van der Waals surface area (Å²) in [6.07, 6.45) is 0. The van der Waals surface area contributed by atoms with Gasteiger partial charge < -0.3 is 10.5 Å². The molecule has 0 unspecified atom stereocenters. The van der Waals surface area contributed by atoms with Crippen molar-refractivity contribution in [1.82, 2.24) is 0 Å². The fourth-order valence-corrected chi connectivity index (χ4v) is 2.50. The smallest absolute Gasteiger partial charge is 0.129 e. The Labute approximate surface area is 133 Å². The quantitative estimate of drug-likeness (QED) is 0.843. The van der Waals surface area contributed by atoms with E-state index in [4.69, 9.17) is 10.5 Å². The third-order valence-corrected chi connectivity index (χ3v) is 3.82. The zero-order chi connectivity index (χ0) is 15.4. The average Bonchev–Trinajstić information content (AvgIpc) is 2.47. The highest BCUT2D eigenvalue weighted by molar-refractivity contribution is 9.10. The molecule has 2 aromatic rings. The summed E-state index contributed by atoms with van der Waals surface area (Å²) in [5.74, 6) is 0.846. The first-order chi connectivity index (χ1) is 10.0. The third kappa shape index (κ3) is 4.05.